The van der Waals surface area contributed by atoms with Gasteiger partial charge in [-0.05, 0) is 35.4 Å². The molecule has 0 unspecified atom stereocenters. The molecule has 0 amide bonds. The normalized spacial score (nSPS) is 10.3. The second-order valence-corrected chi connectivity index (χ2v) is 4.61. The Kier molecular flexibility index (Phi) is 4.35. The average Bonchev–Trinajstić information content (AvgIpc) is 2.38. The Morgan fingerprint density at radius 2 is 1.85 bits per heavy atom. The zero-order valence-corrected chi connectivity index (χ0v) is 11.2. The number of nitrogens with two attached hydrogens (primary N) is 1. The van der Waals surface area contributed by atoms with Gasteiger partial charge in [0, 0.05) is 18.5 Å². The predicted octanol–water partition coefficient (Wildman–Crippen LogP) is 2.77. The van der Waals surface area contributed by atoms with Crippen molar-refractivity contribution in [3.8, 4) is 5.75 Å². The summed E-state index contributed by atoms with van der Waals surface area (Å²) in [5.41, 5.74) is 7.80. The van der Waals surface area contributed by atoms with Crippen molar-refractivity contribution in [1.82, 2.24) is 0 Å². The van der Waals surface area contributed by atoms with Crippen molar-refractivity contribution in [1.29, 1.82) is 0 Å². The molecule has 2 aromatic rings. The first-order valence-corrected chi connectivity index (χ1v) is 6.27. The molecule has 0 radical (unpaired) electrons. The molecular weight excluding hydrogens is 257 g/mol. The third-order valence-electron chi connectivity index (χ3n) is 2.97. The largest absolute Gasteiger partial charge is 0.494 e. The molecule has 0 atom stereocenters. The van der Waals surface area contributed by atoms with Crippen molar-refractivity contribution in [3.63, 3.8) is 0 Å². The van der Waals surface area contributed by atoms with E-state index in [0.717, 1.165) is 5.56 Å². The number of benzene rings is 2. The zero-order valence-electron chi connectivity index (χ0n) is 11.2. The first-order chi connectivity index (χ1) is 9.58. The van der Waals surface area contributed by atoms with Gasteiger partial charge in [-0.15, -0.1) is 0 Å². The van der Waals surface area contributed by atoms with E-state index in [4.69, 9.17) is 10.5 Å². The van der Waals surface area contributed by atoms with E-state index in [0.29, 0.717) is 17.7 Å². The molecule has 0 heterocycles. The van der Waals surface area contributed by atoms with Crippen LogP contribution in [0.1, 0.15) is 11.1 Å². The van der Waals surface area contributed by atoms with Crippen LogP contribution < -0.4 is 10.5 Å². The fourth-order valence-corrected chi connectivity index (χ4v) is 2.04. The lowest BCUT2D eigenvalue weighted by atomic mass is 10.0. The maximum atomic E-state index is 13.5. The van der Waals surface area contributed by atoms with Crippen molar-refractivity contribution in [3.05, 3.63) is 59.4 Å². The van der Waals surface area contributed by atoms with E-state index >= 15 is 0 Å². The van der Waals surface area contributed by atoms with Crippen LogP contribution in [0, 0.1) is 5.82 Å². The van der Waals surface area contributed by atoms with E-state index in [-0.39, 0.29) is 18.0 Å². The van der Waals surface area contributed by atoms with Gasteiger partial charge in [0.15, 0.2) is 11.6 Å². The summed E-state index contributed by atoms with van der Waals surface area (Å²) < 4.78 is 18.4. The molecule has 2 rings (SSSR count). The van der Waals surface area contributed by atoms with E-state index in [1.165, 1.54) is 19.2 Å². The van der Waals surface area contributed by atoms with Gasteiger partial charge in [-0.25, -0.2) is 4.39 Å². The summed E-state index contributed by atoms with van der Waals surface area (Å²) in [6.45, 7) is 0. The number of methoxy groups -OCH3 is 1. The molecule has 0 bridgehead atoms. The molecular formula is C16H16FNO2. The molecule has 0 spiro atoms. The van der Waals surface area contributed by atoms with Gasteiger partial charge >= 0.3 is 0 Å². The predicted molar refractivity (Wildman–Crippen MR) is 76.2 cm³/mol. The van der Waals surface area contributed by atoms with Gasteiger partial charge in [-0.2, -0.15) is 0 Å². The number of hydrogen-bond donors (Lipinski definition) is 1. The molecule has 0 saturated carbocycles. The molecule has 0 aliphatic rings. The van der Waals surface area contributed by atoms with Crippen molar-refractivity contribution in [2.45, 2.75) is 12.8 Å². The van der Waals surface area contributed by atoms with Crippen LogP contribution >= 0.6 is 0 Å². The van der Waals surface area contributed by atoms with Gasteiger partial charge < -0.3 is 10.5 Å². The highest BCUT2D eigenvalue weighted by Crippen LogP contribution is 2.18. The molecule has 0 fully saturated rings. The molecule has 2 N–H and O–H groups in total. The number of Topliss-reactive ketones (excluding diaryl/α,β-unsaturated/α-hetero) is 1. The van der Waals surface area contributed by atoms with E-state index in [1.54, 1.807) is 18.2 Å². The maximum absolute atomic E-state index is 13.5. The number of hydrogen-bond acceptors (Lipinski definition) is 3. The number of carbonyl (C=O) groups is 1. The van der Waals surface area contributed by atoms with Crippen molar-refractivity contribution >= 4 is 11.5 Å². The number of ketones is 1. The van der Waals surface area contributed by atoms with Crippen LogP contribution in [0.5, 0.6) is 5.75 Å². The summed E-state index contributed by atoms with van der Waals surface area (Å²) in [4.78, 5) is 12.0. The lowest BCUT2D eigenvalue weighted by molar-refractivity contribution is -0.117. The Labute approximate surface area is 117 Å². The third-order valence-corrected chi connectivity index (χ3v) is 2.97. The minimum absolute atomic E-state index is 0.0140. The Morgan fingerprint density at radius 1 is 1.15 bits per heavy atom. The average molecular weight is 273 g/mol. The molecule has 104 valence electrons. The van der Waals surface area contributed by atoms with Gasteiger partial charge in [0.1, 0.15) is 5.78 Å². The molecule has 3 nitrogen and oxygen atoms in total. The Hall–Kier alpha value is -2.36. The molecule has 0 aliphatic carbocycles. The third kappa shape index (κ3) is 3.57. The lowest BCUT2D eigenvalue weighted by Crippen LogP contribution is -2.07. The number of anilines is 1. The topological polar surface area (TPSA) is 52.3 Å². The smallest absolute Gasteiger partial charge is 0.165 e. The van der Waals surface area contributed by atoms with Crippen LogP contribution in [0.3, 0.4) is 0 Å². The SMILES string of the molecule is COc1ccc(CC(=O)Cc2cccc(N)c2)cc1F. The summed E-state index contributed by atoms with van der Waals surface area (Å²) in [5, 5.41) is 0. The molecule has 0 saturated heterocycles. The molecule has 0 aromatic heterocycles. The highest BCUT2D eigenvalue weighted by molar-refractivity contribution is 5.83. The van der Waals surface area contributed by atoms with Gasteiger partial charge in [-0.3, -0.25) is 4.79 Å². The van der Waals surface area contributed by atoms with Crippen molar-refractivity contribution in [2.24, 2.45) is 0 Å². The van der Waals surface area contributed by atoms with Crippen molar-refractivity contribution < 1.29 is 13.9 Å². The monoisotopic (exact) mass is 273 g/mol. The summed E-state index contributed by atoms with van der Waals surface area (Å²) in [5.74, 6) is -0.265. The number of ether oxygens (including phenoxy) is 1. The summed E-state index contributed by atoms with van der Waals surface area (Å²) in [7, 11) is 1.41. The highest BCUT2D eigenvalue weighted by atomic mass is 19.1. The fourth-order valence-electron chi connectivity index (χ4n) is 2.04. The summed E-state index contributed by atoms with van der Waals surface area (Å²) >= 11 is 0. The van der Waals surface area contributed by atoms with Crippen molar-refractivity contribution in [2.75, 3.05) is 12.8 Å². The minimum Gasteiger partial charge on any atom is -0.494 e. The lowest BCUT2D eigenvalue weighted by Gasteiger charge is -2.05. The number of rotatable bonds is 5. The molecule has 2 aromatic carbocycles. The standard InChI is InChI=1S/C16H16FNO2/c1-20-16-6-5-12(10-15(16)17)9-14(19)8-11-3-2-4-13(18)7-11/h2-7,10H,8-9,18H2,1H3. The second kappa shape index (κ2) is 6.19. The first kappa shape index (κ1) is 14.1. The first-order valence-electron chi connectivity index (χ1n) is 6.27. The molecule has 4 heteroatoms. The summed E-state index contributed by atoms with van der Waals surface area (Å²) in [6.07, 6.45) is 0.481. The van der Waals surface area contributed by atoms with Crippen LogP contribution in [0.15, 0.2) is 42.5 Å². The van der Waals surface area contributed by atoms with E-state index < -0.39 is 5.82 Å². The minimum atomic E-state index is -0.457. The second-order valence-electron chi connectivity index (χ2n) is 4.61. The Balaban J connectivity index is 2.03. The van der Waals surface area contributed by atoms with Crippen LogP contribution in [0.2, 0.25) is 0 Å². The van der Waals surface area contributed by atoms with Gasteiger partial charge in [0.25, 0.3) is 0 Å². The van der Waals surface area contributed by atoms with Gasteiger partial charge in [0.2, 0.25) is 0 Å². The Morgan fingerprint density at radius 3 is 2.45 bits per heavy atom. The van der Waals surface area contributed by atoms with E-state index in [2.05, 4.69) is 0 Å². The molecule has 0 aliphatic heterocycles. The van der Waals surface area contributed by atoms with Crippen LogP contribution in [0.25, 0.3) is 0 Å². The molecule has 20 heavy (non-hydrogen) atoms. The fraction of sp³-hybridized carbons (Fsp3) is 0.188. The van der Waals surface area contributed by atoms with E-state index in [9.17, 15) is 9.18 Å². The summed E-state index contributed by atoms with van der Waals surface area (Å²) in [6, 6.07) is 11.8. The Bertz CT molecular complexity index is 626. The quantitative estimate of drug-likeness (QED) is 0.852. The van der Waals surface area contributed by atoms with Crippen LogP contribution in [-0.2, 0) is 17.6 Å². The maximum Gasteiger partial charge on any atom is 0.165 e. The van der Waals surface area contributed by atoms with Crippen LogP contribution in [0.4, 0.5) is 10.1 Å². The van der Waals surface area contributed by atoms with Crippen LogP contribution in [-0.4, -0.2) is 12.9 Å². The number of halogens is 1. The number of carbonyl (C=O) groups excluding carboxylic acids is 1. The zero-order chi connectivity index (χ0) is 14.5. The highest BCUT2D eigenvalue weighted by Gasteiger charge is 2.08. The van der Waals surface area contributed by atoms with Gasteiger partial charge in [-0.1, -0.05) is 18.2 Å². The van der Waals surface area contributed by atoms with Gasteiger partial charge in [0.05, 0.1) is 7.11 Å². The number of nitrogen functional groups attached to an aromatic ring is 1. The van der Waals surface area contributed by atoms with E-state index in [1.807, 2.05) is 12.1 Å².